The Kier molecular flexibility index (Phi) is 3.89. The predicted molar refractivity (Wildman–Crippen MR) is 98.3 cm³/mol. The zero-order valence-corrected chi connectivity index (χ0v) is 15.4. The molecule has 28 heavy (non-hydrogen) atoms. The Morgan fingerprint density at radius 3 is 2.43 bits per heavy atom. The van der Waals surface area contributed by atoms with Crippen LogP contribution in [0.3, 0.4) is 0 Å². The van der Waals surface area contributed by atoms with E-state index in [1.807, 2.05) is 0 Å². The van der Waals surface area contributed by atoms with Crippen LogP contribution in [0.5, 0.6) is 0 Å². The number of fused-ring (bicyclic) bond motifs is 2. The molecule has 7 heteroatoms. The number of carbonyl (C=O) groups excluding carboxylic acids is 1. The summed E-state index contributed by atoms with van der Waals surface area (Å²) in [7, 11) is 0. The number of hydrogen-bond acceptors (Lipinski definition) is 3. The maximum Gasteiger partial charge on any atom is 0.254 e. The standard InChI is InChI=1S/C21H21F2N3O2/c22-14-9-13(10-15(23)11-14)20(28)26-7-5-21(6-8-26)4-3-16-17(21)24-18(12-1-2-12)25-19(16)27/h9-12H,1-8H2,(H,24,25,27). The van der Waals surface area contributed by atoms with Crippen molar-refractivity contribution in [3.8, 4) is 0 Å². The molecule has 0 unspecified atom stereocenters. The zero-order valence-electron chi connectivity index (χ0n) is 15.4. The normalized spacial score (nSPS) is 20.4. The molecule has 2 aromatic rings. The highest BCUT2D eigenvalue weighted by Gasteiger charge is 2.45. The van der Waals surface area contributed by atoms with Crippen molar-refractivity contribution < 1.29 is 13.6 Å². The van der Waals surface area contributed by atoms with E-state index in [2.05, 4.69) is 4.98 Å². The molecule has 0 bridgehead atoms. The number of hydrogen-bond donors (Lipinski definition) is 1. The van der Waals surface area contributed by atoms with Gasteiger partial charge in [0.2, 0.25) is 0 Å². The van der Waals surface area contributed by atoms with Crippen LogP contribution in [0.4, 0.5) is 8.78 Å². The number of H-pyrrole nitrogens is 1. The average molecular weight is 385 g/mol. The van der Waals surface area contributed by atoms with Crippen LogP contribution < -0.4 is 5.56 Å². The molecule has 5 rings (SSSR count). The van der Waals surface area contributed by atoms with Crippen molar-refractivity contribution >= 4 is 5.91 Å². The average Bonchev–Trinajstić information content (AvgIpc) is 3.46. The predicted octanol–water partition coefficient (Wildman–Crippen LogP) is 3.05. The first kappa shape index (κ1) is 17.5. The quantitative estimate of drug-likeness (QED) is 0.864. The van der Waals surface area contributed by atoms with E-state index in [-0.39, 0.29) is 22.4 Å². The second kappa shape index (κ2) is 6.22. The molecule has 1 aliphatic heterocycles. The van der Waals surface area contributed by atoms with Gasteiger partial charge in [-0.2, -0.15) is 0 Å². The largest absolute Gasteiger partial charge is 0.339 e. The summed E-state index contributed by atoms with van der Waals surface area (Å²) in [5, 5.41) is 0. The fourth-order valence-electron chi connectivity index (χ4n) is 4.70. The van der Waals surface area contributed by atoms with Crippen molar-refractivity contribution in [1.29, 1.82) is 0 Å². The van der Waals surface area contributed by atoms with Gasteiger partial charge in [-0.25, -0.2) is 13.8 Å². The highest BCUT2D eigenvalue weighted by molar-refractivity contribution is 5.94. The van der Waals surface area contributed by atoms with E-state index >= 15 is 0 Å². The summed E-state index contributed by atoms with van der Waals surface area (Å²) in [6, 6.07) is 2.91. The highest BCUT2D eigenvalue weighted by atomic mass is 19.1. The van der Waals surface area contributed by atoms with Gasteiger partial charge in [-0.3, -0.25) is 9.59 Å². The Bertz CT molecular complexity index is 1000. The van der Waals surface area contributed by atoms with Crippen molar-refractivity contribution in [3.63, 3.8) is 0 Å². The fraction of sp³-hybridized carbons (Fsp3) is 0.476. The molecule has 1 aromatic heterocycles. The maximum absolute atomic E-state index is 13.5. The van der Waals surface area contributed by atoms with E-state index in [9.17, 15) is 18.4 Å². The van der Waals surface area contributed by atoms with Crippen molar-refractivity contribution in [3.05, 3.63) is 62.8 Å². The second-order valence-corrected chi connectivity index (χ2v) is 8.28. The molecule has 2 fully saturated rings. The Morgan fingerprint density at radius 2 is 1.79 bits per heavy atom. The molecule has 1 saturated heterocycles. The number of amides is 1. The molecule has 5 nitrogen and oxygen atoms in total. The second-order valence-electron chi connectivity index (χ2n) is 8.28. The molecule has 2 heterocycles. The fourth-order valence-corrected chi connectivity index (χ4v) is 4.70. The zero-order chi connectivity index (χ0) is 19.5. The molecule has 1 aromatic carbocycles. The summed E-state index contributed by atoms with van der Waals surface area (Å²) in [5.74, 6) is -0.682. The Hall–Kier alpha value is -2.57. The smallest absolute Gasteiger partial charge is 0.254 e. The van der Waals surface area contributed by atoms with Gasteiger partial charge in [0.15, 0.2) is 0 Å². The van der Waals surface area contributed by atoms with E-state index in [4.69, 9.17) is 4.98 Å². The lowest BCUT2D eigenvalue weighted by Crippen LogP contribution is -2.45. The topological polar surface area (TPSA) is 66.1 Å². The first-order chi connectivity index (χ1) is 13.4. The van der Waals surface area contributed by atoms with Crippen LogP contribution in [-0.4, -0.2) is 33.9 Å². The number of aromatic nitrogens is 2. The number of carbonyl (C=O) groups is 1. The van der Waals surface area contributed by atoms with Crippen molar-refractivity contribution in [1.82, 2.24) is 14.9 Å². The molecule has 146 valence electrons. The lowest BCUT2D eigenvalue weighted by molar-refractivity contribution is 0.0662. The minimum absolute atomic E-state index is 0.0162. The summed E-state index contributed by atoms with van der Waals surface area (Å²) in [5.41, 5.74) is 1.55. The number of benzene rings is 1. The van der Waals surface area contributed by atoms with Gasteiger partial charge in [0.25, 0.3) is 11.5 Å². The summed E-state index contributed by atoms with van der Waals surface area (Å²) in [6.45, 7) is 0.979. The van der Waals surface area contributed by atoms with Crippen LogP contribution in [0.1, 0.15) is 65.5 Å². The van der Waals surface area contributed by atoms with Gasteiger partial charge in [-0.05, 0) is 50.7 Å². The third-order valence-corrected chi connectivity index (χ3v) is 6.47. The summed E-state index contributed by atoms with van der Waals surface area (Å²) < 4.78 is 26.9. The van der Waals surface area contributed by atoms with E-state index in [0.717, 1.165) is 54.5 Å². The molecule has 1 N–H and O–H groups in total. The summed E-state index contributed by atoms with van der Waals surface area (Å²) >= 11 is 0. The van der Waals surface area contributed by atoms with Gasteiger partial charge in [0, 0.05) is 41.6 Å². The van der Waals surface area contributed by atoms with Gasteiger partial charge in [0.05, 0.1) is 5.69 Å². The number of aromatic amines is 1. The van der Waals surface area contributed by atoms with Crippen LogP contribution in [-0.2, 0) is 11.8 Å². The molecule has 1 amide bonds. The molecular weight excluding hydrogens is 364 g/mol. The molecule has 3 aliphatic rings. The van der Waals surface area contributed by atoms with Crippen molar-refractivity contribution in [2.75, 3.05) is 13.1 Å². The number of halogens is 2. The Balaban J connectivity index is 1.38. The molecule has 0 atom stereocenters. The summed E-state index contributed by atoms with van der Waals surface area (Å²) in [6.07, 6.45) is 5.14. The van der Waals surface area contributed by atoms with Gasteiger partial charge in [0.1, 0.15) is 17.5 Å². The van der Waals surface area contributed by atoms with Crippen LogP contribution in [0.15, 0.2) is 23.0 Å². The third-order valence-electron chi connectivity index (χ3n) is 6.47. The van der Waals surface area contributed by atoms with Crippen molar-refractivity contribution in [2.45, 2.75) is 49.9 Å². The third kappa shape index (κ3) is 2.84. The van der Waals surface area contributed by atoms with Gasteiger partial charge >= 0.3 is 0 Å². The van der Waals surface area contributed by atoms with E-state index in [1.165, 1.54) is 0 Å². The van der Waals surface area contributed by atoms with E-state index in [1.54, 1.807) is 4.90 Å². The molecule has 0 radical (unpaired) electrons. The highest BCUT2D eigenvalue weighted by Crippen LogP contribution is 2.46. The maximum atomic E-state index is 13.5. The summed E-state index contributed by atoms with van der Waals surface area (Å²) in [4.78, 5) is 34.6. The van der Waals surface area contributed by atoms with Crippen LogP contribution in [0.2, 0.25) is 0 Å². The number of likely N-dealkylation sites (tertiary alicyclic amines) is 1. The molecular formula is C21H21F2N3O2. The van der Waals surface area contributed by atoms with Crippen molar-refractivity contribution in [2.24, 2.45) is 0 Å². The SMILES string of the molecule is O=C(c1cc(F)cc(F)c1)N1CCC2(CCc3c2nc(C2CC2)[nH]c3=O)CC1. The van der Waals surface area contributed by atoms with E-state index in [0.29, 0.717) is 38.3 Å². The number of nitrogens with one attached hydrogen (secondary N) is 1. The van der Waals surface area contributed by atoms with Gasteiger partial charge in [-0.15, -0.1) is 0 Å². The number of rotatable bonds is 2. The minimum Gasteiger partial charge on any atom is -0.339 e. The number of nitrogens with zero attached hydrogens (tertiary/aromatic N) is 2. The lowest BCUT2D eigenvalue weighted by Gasteiger charge is -2.39. The minimum atomic E-state index is -0.752. The van der Waals surface area contributed by atoms with Crippen LogP contribution >= 0.6 is 0 Å². The Labute approximate surface area is 160 Å². The van der Waals surface area contributed by atoms with E-state index < -0.39 is 11.6 Å². The lowest BCUT2D eigenvalue weighted by atomic mass is 9.76. The van der Waals surface area contributed by atoms with Gasteiger partial charge in [-0.1, -0.05) is 0 Å². The van der Waals surface area contributed by atoms with Gasteiger partial charge < -0.3 is 9.88 Å². The number of piperidine rings is 1. The first-order valence-electron chi connectivity index (χ1n) is 9.84. The van der Waals surface area contributed by atoms with Crippen LogP contribution in [0.25, 0.3) is 0 Å². The molecule has 1 spiro atoms. The first-order valence-corrected chi connectivity index (χ1v) is 9.84. The molecule has 2 aliphatic carbocycles. The van der Waals surface area contributed by atoms with Crippen LogP contribution in [0, 0.1) is 11.6 Å². The Morgan fingerprint density at radius 1 is 1.11 bits per heavy atom. The molecule has 1 saturated carbocycles. The monoisotopic (exact) mass is 385 g/mol.